The zero-order valence-corrected chi connectivity index (χ0v) is 17.6. The van der Waals surface area contributed by atoms with Gasteiger partial charge in [-0.05, 0) is 66.6 Å². The van der Waals surface area contributed by atoms with Crippen molar-refractivity contribution in [2.24, 2.45) is 11.8 Å². The molecule has 2 heterocycles. The van der Waals surface area contributed by atoms with Crippen LogP contribution in [-0.2, 0) is 11.2 Å². The van der Waals surface area contributed by atoms with Crippen LogP contribution in [0.25, 0.3) is 11.8 Å². The van der Waals surface area contributed by atoms with E-state index in [2.05, 4.69) is 53.7 Å². The summed E-state index contributed by atoms with van der Waals surface area (Å²) in [5.74, 6) is 0.530. The summed E-state index contributed by atoms with van der Waals surface area (Å²) in [6.07, 6.45) is 7.23. The molecule has 1 spiro atoms. The van der Waals surface area contributed by atoms with Gasteiger partial charge in [-0.1, -0.05) is 42.8 Å². The fraction of sp³-hybridized carbons (Fsp3) is 0.346. The van der Waals surface area contributed by atoms with E-state index in [9.17, 15) is 4.39 Å². The van der Waals surface area contributed by atoms with E-state index in [1.807, 2.05) is 10.9 Å². The van der Waals surface area contributed by atoms with E-state index in [1.165, 1.54) is 28.8 Å². The van der Waals surface area contributed by atoms with Crippen molar-refractivity contribution < 1.29 is 9.13 Å². The minimum absolute atomic E-state index is 0.230. The second-order valence-electron chi connectivity index (χ2n) is 9.13. The highest BCUT2D eigenvalue weighted by molar-refractivity contribution is 5.59. The average molecular weight is 416 g/mol. The number of aromatic nitrogens is 2. The molecule has 0 amide bonds. The van der Waals surface area contributed by atoms with Crippen LogP contribution < -0.4 is 5.32 Å². The van der Waals surface area contributed by atoms with Gasteiger partial charge in [0.25, 0.3) is 0 Å². The maximum atomic E-state index is 13.4. The van der Waals surface area contributed by atoms with Crippen LogP contribution in [0.15, 0.2) is 66.4 Å². The SMILES string of the molecule is C[C@@H]1Cc2cnn(-c3ccc(F)cc3)c2C=C2CC[C@@]3(N[C@H](c4ccccc4)CO3)C21. The van der Waals surface area contributed by atoms with Crippen molar-refractivity contribution in [3.05, 3.63) is 89.0 Å². The second kappa shape index (κ2) is 7.14. The van der Waals surface area contributed by atoms with Crippen LogP contribution in [0.5, 0.6) is 0 Å². The van der Waals surface area contributed by atoms with Crippen molar-refractivity contribution in [1.29, 1.82) is 0 Å². The first-order valence-corrected chi connectivity index (χ1v) is 11.1. The Bertz CT molecular complexity index is 1140. The van der Waals surface area contributed by atoms with Gasteiger partial charge in [-0.25, -0.2) is 9.07 Å². The van der Waals surface area contributed by atoms with Gasteiger partial charge in [0.1, 0.15) is 11.5 Å². The summed E-state index contributed by atoms with van der Waals surface area (Å²) in [5.41, 5.74) is 5.66. The first kappa shape index (κ1) is 19.0. The van der Waals surface area contributed by atoms with E-state index in [1.54, 1.807) is 12.1 Å². The molecular weight excluding hydrogens is 389 g/mol. The molecule has 4 atom stereocenters. The van der Waals surface area contributed by atoms with Gasteiger partial charge in [0.05, 0.1) is 30.2 Å². The fourth-order valence-corrected chi connectivity index (χ4v) is 5.86. The number of hydrogen-bond donors (Lipinski definition) is 1. The van der Waals surface area contributed by atoms with Crippen LogP contribution in [0.4, 0.5) is 4.39 Å². The number of halogens is 1. The third-order valence-electron chi connectivity index (χ3n) is 7.21. The molecule has 1 aromatic heterocycles. The summed E-state index contributed by atoms with van der Waals surface area (Å²) in [7, 11) is 0. The molecule has 4 nitrogen and oxygen atoms in total. The molecular formula is C26H26FN3O. The van der Waals surface area contributed by atoms with E-state index < -0.39 is 0 Å². The molecule has 1 N–H and O–H groups in total. The van der Waals surface area contributed by atoms with E-state index >= 15 is 0 Å². The summed E-state index contributed by atoms with van der Waals surface area (Å²) in [5, 5.41) is 8.52. The highest BCUT2D eigenvalue weighted by atomic mass is 19.1. The molecule has 3 aromatic rings. The molecule has 2 fully saturated rings. The zero-order chi connectivity index (χ0) is 21.0. The summed E-state index contributed by atoms with van der Waals surface area (Å²) in [6, 6.07) is 17.4. The summed E-state index contributed by atoms with van der Waals surface area (Å²) in [4.78, 5) is 0. The van der Waals surface area contributed by atoms with Crippen molar-refractivity contribution >= 4 is 6.08 Å². The van der Waals surface area contributed by atoms with Crippen molar-refractivity contribution in [2.75, 3.05) is 6.61 Å². The largest absolute Gasteiger partial charge is 0.358 e. The Morgan fingerprint density at radius 2 is 1.94 bits per heavy atom. The highest BCUT2D eigenvalue weighted by Gasteiger charge is 2.53. The number of hydrogen-bond acceptors (Lipinski definition) is 3. The topological polar surface area (TPSA) is 39.1 Å². The lowest BCUT2D eigenvalue weighted by Gasteiger charge is -2.35. The van der Waals surface area contributed by atoms with Gasteiger partial charge in [0.2, 0.25) is 0 Å². The van der Waals surface area contributed by atoms with Crippen molar-refractivity contribution in [1.82, 2.24) is 15.1 Å². The maximum Gasteiger partial charge on any atom is 0.127 e. The van der Waals surface area contributed by atoms with Gasteiger partial charge in [0.15, 0.2) is 0 Å². The Kier molecular flexibility index (Phi) is 4.37. The fourth-order valence-electron chi connectivity index (χ4n) is 5.86. The molecule has 0 radical (unpaired) electrons. The molecule has 3 aliphatic rings. The van der Waals surface area contributed by atoms with Gasteiger partial charge in [-0.3, -0.25) is 5.32 Å². The monoisotopic (exact) mass is 415 g/mol. The molecule has 158 valence electrons. The van der Waals surface area contributed by atoms with Crippen LogP contribution in [0.3, 0.4) is 0 Å². The number of fused-ring (bicyclic) bond motifs is 3. The molecule has 6 rings (SSSR count). The number of ether oxygens (including phenoxy) is 1. The van der Waals surface area contributed by atoms with Crippen LogP contribution in [0.2, 0.25) is 0 Å². The Morgan fingerprint density at radius 3 is 2.74 bits per heavy atom. The van der Waals surface area contributed by atoms with Crippen LogP contribution in [0.1, 0.15) is 42.6 Å². The normalized spacial score (nSPS) is 29.5. The zero-order valence-electron chi connectivity index (χ0n) is 17.6. The van der Waals surface area contributed by atoms with E-state index in [0.29, 0.717) is 18.4 Å². The van der Waals surface area contributed by atoms with Gasteiger partial charge >= 0.3 is 0 Å². The first-order valence-electron chi connectivity index (χ1n) is 11.1. The Morgan fingerprint density at radius 1 is 1.13 bits per heavy atom. The lowest BCUT2D eigenvalue weighted by atomic mass is 9.82. The number of nitrogens with zero attached hydrogens (tertiary/aromatic N) is 2. The molecule has 5 heteroatoms. The second-order valence-corrected chi connectivity index (χ2v) is 9.13. The quantitative estimate of drug-likeness (QED) is 0.636. The molecule has 1 aliphatic heterocycles. The molecule has 1 saturated heterocycles. The number of rotatable bonds is 2. The molecule has 31 heavy (non-hydrogen) atoms. The molecule has 1 unspecified atom stereocenters. The lowest BCUT2D eigenvalue weighted by molar-refractivity contribution is -0.0489. The molecule has 2 aromatic carbocycles. The standard InChI is InChI=1S/C26H26FN3O/c1-17-13-20-15-28-30(22-9-7-21(27)8-10-22)24(20)14-19-11-12-26(25(17)19)29-23(16-31-26)18-5-3-2-4-6-18/h2-10,14-15,17,23,25,29H,11-13,16H2,1H3/t17-,23+,25?,26+/m1/s1. The van der Waals surface area contributed by atoms with Crippen LogP contribution in [-0.4, -0.2) is 22.1 Å². The highest BCUT2D eigenvalue weighted by Crippen LogP contribution is 2.51. The van der Waals surface area contributed by atoms with E-state index in [-0.39, 0.29) is 17.6 Å². The van der Waals surface area contributed by atoms with E-state index in [4.69, 9.17) is 4.74 Å². The molecule has 0 bridgehead atoms. The third kappa shape index (κ3) is 3.07. The Balaban J connectivity index is 1.35. The summed E-state index contributed by atoms with van der Waals surface area (Å²) >= 11 is 0. The van der Waals surface area contributed by atoms with Crippen LogP contribution >= 0.6 is 0 Å². The van der Waals surface area contributed by atoms with Gasteiger partial charge in [0, 0.05) is 5.92 Å². The average Bonchev–Trinajstić information content (AvgIpc) is 3.46. The third-order valence-corrected chi connectivity index (χ3v) is 7.21. The van der Waals surface area contributed by atoms with Gasteiger partial charge in [-0.2, -0.15) is 5.10 Å². The van der Waals surface area contributed by atoms with Gasteiger partial charge in [-0.15, -0.1) is 0 Å². The molecule has 2 aliphatic carbocycles. The number of nitrogens with one attached hydrogen (secondary N) is 1. The first-order chi connectivity index (χ1) is 15.1. The minimum atomic E-state index is -0.302. The van der Waals surface area contributed by atoms with Crippen molar-refractivity contribution in [2.45, 2.75) is 38.0 Å². The minimum Gasteiger partial charge on any atom is -0.358 e. The van der Waals surface area contributed by atoms with E-state index in [0.717, 1.165) is 30.6 Å². The predicted octanol–water partition coefficient (Wildman–Crippen LogP) is 5.05. The smallest absolute Gasteiger partial charge is 0.127 e. The van der Waals surface area contributed by atoms with Gasteiger partial charge < -0.3 is 4.74 Å². The number of benzene rings is 2. The lowest BCUT2D eigenvalue weighted by Crippen LogP contribution is -2.48. The Labute approximate surface area is 181 Å². The summed E-state index contributed by atoms with van der Waals surface area (Å²) < 4.78 is 21.9. The predicted molar refractivity (Wildman–Crippen MR) is 118 cm³/mol. The van der Waals surface area contributed by atoms with Crippen molar-refractivity contribution in [3.8, 4) is 5.69 Å². The summed E-state index contributed by atoms with van der Waals surface area (Å²) in [6.45, 7) is 3.04. The molecule has 1 saturated carbocycles. The Hall–Kier alpha value is -2.76. The van der Waals surface area contributed by atoms with Crippen molar-refractivity contribution in [3.63, 3.8) is 0 Å². The maximum absolute atomic E-state index is 13.4. The van der Waals surface area contributed by atoms with Crippen LogP contribution in [0, 0.1) is 17.7 Å².